The molecule has 0 aliphatic carbocycles. The Balaban J connectivity index is 1.62. The number of aliphatic imine (C=N–C) groups is 2. The van der Waals surface area contributed by atoms with Crippen LogP contribution in [0.2, 0.25) is 0 Å². The van der Waals surface area contributed by atoms with Crippen LogP contribution < -0.4 is 0 Å². The normalized spacial score (nSPS) is 17.5. The van der Waals surface area contributed by atoms with Crippen LogP contribution >= 0.6 is 0 Å². The number of nitrogens with zero attached hydrogens (tertiary/aromatic N) is 5. The van der Waals surface area contributed by atoms with Crippen LogP contribution in [0.1, 0.15) is 50.1 Å². The summed E-state index contributed by atoms with van der Waals surface area (Å²) in [6.45, 7) is 12.5. The molecule has 1 saturated heterocycles. The monoisotopic (exact) mass is 427 g/mol. The highest BCUT2D eigenvalue weighted by atomic mass is 16.5. The molecule has 2 aliphatic heterocycles. The predicted molar refractivity (Wildman–Crippen MR) is 116 cm³/mol. The van der Waals surface area contributed by atoms with Crippen molar-refractivity contribution in [1.82, 2.24) is 14.7 Å². The zero-order valence-electron chi connectivity index (χ0n) is 18.6. The van der Waals surface area contributed by atoms with E-state index in [1.54, 1.807) is 18.5 Å². The Bertz CT molecular complexity index is 980. The van der Waals surface area contributed by atoms with Gasteiger partial charge in [0.1, 0.15) is 0 Å². The molecular formula is C22H29N5O4. The van der Waals surface area contributed by atoms with Crippen LogP contribution in [0, 0.1) is 19.8 Å². The number of esters is 1. The van der Waals surface area contributed by atoms with Gasteiger partial charge in [-0.15, -0.1) is 0 Å². The standard InChI is InChI=1S/C22H29N5O4/c1-6-31-21(30)17-9-11-26(12-10-17)19(28)8-7-18-15(4)25-27(16(18)5)22-23-14(3)13(2)20(29)24-22/h17H,2,6-12H2,1,3-5H3. The van der Waals surface area contributed by atoms with E-state index in [0.29, 0.717) is 51.1 Å². The largest absolute Gasteiger partial charge is 0.466 e. The van der Waals surface area contributed by atoms with E-state index >= 15 is 0 Å². The Morgan fingerprint density at radius 1 is 1.16 bits per heavy atom. The fraction of sp³-hybridized carbons (Fsp3) is 0.545. The molecule has 0 atom stereocenters. The number of carbonyl (C=O) groups excluding carboxylic acids is 3. The van der Waals surface area contributed by atoms with Crippen molar-refractivity contribution in [3.63, 3.8) is 0 Å². The van der Waals surface area contributed by atoms with Crippen LogP contribution in [-0.4, -0.2) is 63.8 Å². The van der Waals surface area contributed by atoms with Gasteiger partial charge < -0.3 is 9.64 Å². The van der Waals surface area contributed by atoms with Crippen LogP contribution in [0.3, 0.4) is 0 Å². The molecule has 1 aromatic heterocycles. The SMILES string of the molecule is C=C1C(=O)N=C(n2nc(C)c(CCC(=O)N3CCC(C(=O)OCC)CC3)c2C)N=C1C. The number of amides is 2. The van der Waals surface area contributed by atoms with Crippen molar-refractivity contribution >= 4 is 29.5 Å². The summed E-state index contributed by atoms with van der Waals surface area (Å²) < 4.78 is 6.63. The first-order chi connectivity index (χ1) is 14.7. The Morgan fingerprint density at radius 2 is 1.84 bits per heavy atom. The lowest BCUT2D eigenvalue weighted by Crippen LogP contribution is -2.40. The lowest BCUT2D eigenvalue weighted by atomic mass is 9.96. The summed E-state index contributed by atoms with van der Waals surface area (Å²) >= 11 is 0. The molecule has 0 bridgehead atoms. The number of hydrogen-bond acceptors (Lipinski definition) is 6. The third-order valence-electron chi connectivity index (χ3n) is 5.85. The number of carbonyl (C=O) groups is 3. The second-order valence-electron chi connectivity index (χ2n) is 7.86. The van der Waals surface area contributed by atoms with Gasteiger partial charge >= 0.3 is 5.97 Å². The zero-order chi connectivity index (χ0) is 22.7. The van der Waals surface area contributed by atoms with E-state index in [1.165, 1.54) is 0 Å². The molecule has 0 spiro atoms. The lowest BCUT2D eigenvalue weighted by molar-refractivity contribution is -0.151. The van der Waals surface area contributed by atoms with E-state index in [0.717, 1.165) is 17.0 Å². The van der Waals surface area contributed by atoms with Crippen LogP contribution in [-0.2, 0) is 25.5 Å². The minimum absolute atomic E-state index is 0.0595. The fourth-order valence-electron chi connectivity index (χ4n) is 3.90. The van der Waals surface area contributed by atoms with Gasteiger partial charge in [0.05, 0.1) is 29.5 Å². The van der Waals surface area contributed by atoms with Gasteiger partial charge in [-0.05, 0) is 52.5 Å². The maximum Gasteiger partial charge on any atom is 0.309 e. The summed E-state index contributed by atoms with van der Waals surface area (Å²) in [5.74, 6) is -0.430. The lowest BCUT2D eigenvalue weighted by Gasteiger charge is -2.31. The van der Waals surface area contributed by atoms with E-state index in [9.17, 15) is 14.4 Å². The van der Waals surface area contributed by atoms with Gasteiger partial charge in [-0.1, -0.05) is 6.58 Å². The number of aryl methyl sites for hydroxylation is 1. The first-order valence-corrected chi connectivity index (χ1v) is 10.6. The average molecular weight is 428 g/mol. The summed E-state index contributed by atoms with van der Waals surface area (Å²) in [4.78, 5) is 46.7. The maximum atomic E-state index is 12.7. The highest BCUT2D eigenvalue weighted by Gasteiger charge is 2.28. The molecule has 3 heterocycles. The molecule has 3 rings (SSSR count). The van der Waals surface area contributed by atoms with Gasteiger partial charge in [-0.3, -0.25) is 14.4 Å². The highest BCUT2D eigenvalue weighted by molar-refractivity contribution is 6.27. The highest BCUT2D eigenvalue weighted by Crippen LogP contribution is 2.21. The molecule has 2 aliphatic rings. The smallest absolute Gasteiger partial charge is 0.309 e. The van der Waals surface area contributed by atoms with Crippen LogP contribution in [0.25, 0.3) is 0 Å². The molecule has 0 aromatic carbocycles. The summed E-state index contributed by atoms with van der Waals surface area (Å²) in [6.07, 6.45) is 2.15. The first-order valence-electron chi connectivity index (χ1n) is 10.6. The molecule has 166 valence electrons. The number of hydrogen-bond donors (Lipinski definition) is 0. The topological polar surface area (TPSA) is 106 Å². The Labute approximate surface area is 181 Å². The second-order valence-corrected chi connectivity index (χ2v) is 7.86. The number of piperidine rings is 1. The van der Waals surface area contributed by atoms with Gasteiger partial charge in [0.25, 0.3) is 11.9 Å². The Morgan fingerprint density at radius 3 is 2.45 bits per heavy atom. The van der Waals surface area contributed by atoms with E-state index in [2.05, 4.69) is 21.7 Å². The van der Waals surface area contributed by atoms with Crippen molar-refractivity contribution in [2.45, 2.75) is 53.4 Å². The Kier molecular flexibility index (Phi) is 6.82. The molecule has 2 amide bonds. The second kappa shape index (κ2) is 9.36. The molecular weight excluding hydrogens is 398 g/mol. The van der Waals surface area contributed by atoms with E-state index < -0.39 is 5.91 Å². The van der Waals surface area contributed by atoms with Crippen LogP contribution in [0.15, 0.2) is 22.1 Å². The van der Waals surface area contributed by atoms with Crippen molar-refractivity contribution in [3.05, 3.63) is 29.1 Å². The quantitative estimate of drug-likeness (QED) is 0.528. The third kappa shape index (κ3) is 4.81. The molecule has 0 unspecified atom stereocenters. The van der Waals surface area contributed by atoms with Crippen molar-refractivity contribution in [2.24, 2.45) is 15.9 Å². The molecule has 9 nitrogen and oxygen atoms in total. The molecule has 0 radical (unpaired) electrons. The summed E-state index contributed by atoms with van der Waals surface area (Å²) in [7, 11) is 0. The van der Waals surface area contributed by atoms with Crippen molar-refractivity contribution in [1.29, 1.82) is 0 Å². The Hall–Kier alpha value is -3.10. The van der Waals surface area contributed by atoms with Crippen LogP contribution in [0.5, 0.6) is 0 Å². The fourth-order valence-corrected chi connectivity index (χ4v) is 3.90. The summed E-state index contributed by atoms with van der Waals surface area (Å²) in [6, 6.07) is 0. The number of likely N-dealkylation sites (tertiary alicyclic amines) is 1. The van der Waals surface area contributed by atoms with Crippen LogP contribution in [0.4, 0.5) is 0 Å². The summed E-state index contributed by atoms with van der Waals surface area (Å²) in [5.41, 5.74) is 3.33. The third-order valence-corrected chi connectivity index (χ3v) is 5.85. The molecule has 0 saturated carbocycles. The first kappa shape index (κ1) is 22.6. The van der Waals surface area contributed by atoms with Crippen molar-refractivity contribution in [3.8, 4) is 0 Å². The molecule has 1 fully saturated rings. The molecule has 1 aromatic rings. The van der Waals surface area contributed by atoms with Crippen molar-refractivity contribution < 1.29 is 19.1 Å². The van der Waals surface area contributed by atoms with Gasteiger partial charge in [0.2, 0.25) is 5.91 Å². The van der Waals surface area contributed by atoms with Gasteiger partial charge in [-0.25, -0.2) is 9.67 Å². The predicted octanol–water partition coefficient (Wildman–Crippen LogP) is 2.00. The van der Waals surface area contributed by atoms with E-state index in [4.69, 9.17) is 4.74 Å². The van der Waals surface area contributed by atoms with Gasteiger partial charge in [0.15, 0.2) is 0 Å². The minimum atomic E-state index is -0.419. The van der Waals surface area contributed by atoms with E-state index in [-0.39, 0.29) is 29.3 Å². The number of rotatable bonds is 5. The number of ether oxygens (including phenoxy) is 1. The van der Waals surface area contributed by atoms with Crippen molar-refractivity contribution in [2.75, 3.05) is 19.7 Å². The molecule has 31 heavy (non-hydrogen) atoms. The minimum Gasteiger partial charge on any atom is -0.466 e. The maximum absolute atomic E-state index is 12.7. The average Bonchev–Trinajstić information content (AvgIpc) is 3.03. The zero-order valence-corrected chi connectivity index (χ0v) is 18.6. The van der Waals surface area contributed by atoms with Gasteiger partial charge in [0, 0.05) is 25.2 Å². The molecule has 0 N–H and O–H groups in total. The van der Waals surface area contributed by atoms with Gasteiger partial charge in [-0.2, -0.15) is 10.1 Å². The molecule has 9 heteroatoms. The summed E-state index contributed by atoms with van der Waals surface area (Å²) in [5, 5.41) is 4.49. The van der Waals surface area contributed by atoms with E-state index in [1.807, 2.05) is 18.7 Å². The number of aromatic nitrogens is 2.